The van der Waals surface area contributed by atoms with Crippen LogP contribution in [0, 0.1) is 11.3 Å². The van der Waals surface area contributed by atoms with Crippen molar-refractivity contribution in [1.82, 2.24) is 0 Å². The molecule has 0 unspecified atom stereocenters. The van der Waals surface area contributed by atoms with Crippen LogP contribution in [0.1, 0.15) is 5.56 Å². The van der Waals surface area contributed by atoms with Gasteiger partial charge in [0.15, 0.2) is 5.96 Å². The Bertz CT molecular complexity index is 539. The van der Waals surface area contributed by atoms with Gasteiger partial charge in [-0.25, -0.2) is 4.99 Å². The predicted molar refractivity (Wildman–Crippen MR) is 68.3 cm³/mol. The molecule has 1 aromatic rings. The second-order valence-electron chi connectivity index (χ2n) is 2.90. The second kappa shape index (κ2) is 5.39. The quantitative estimate of drug-likeness (QED) is 0.521. The standard InChI is InChI=1S/C9H8Cl2N6/c10-5-1-4(3-12)7(6(11)2-5)16-9(15)17-8(13)14/h1-2H,(H6,13,14,15,16,17). The molecule has 6 N–H and O–H groups in total. The summed E-state index contributed by atoms with van der Waals surface area (Å²) in [4.78, 5) is 7.35. The van der Waals surface area contributed by atoms with Crippen LogP contribution in [-0.2, 0) is 0 Å². The monoisotopic (exact) mass is 270 g/mol. The minimum absolute atomic E-state index is 0.168. The van der Waals surface area contributed by atoms with Gasteiger partial charge in [-0.1, -0.05) is 23.2 Å². The van der Waals surface area contributed by atoms with Crippen LogP contribution in [0.25, 0.3) is 0 Å². The van der Waals surface area contributed by atoms with E-state index in [4.69, 9.17) is 45.7 Å². The zero-order valence-electron chi connectivity index (χ0n) is 8.48. The number of nitriles is 1. The normalized spacial score (nSPS) is 10.8. The molecule has 0 spiro atoms. The number of guanidine groups is 2. The Morgan fingerprint density at radius 2 is 1.88 bits per heavy atom. The van der Waals surface area contributed by atoms with Crippen molar-refractivity contribution in [3.8, 4) is 6.07 Å². The molecule has 0 atom stereocenters. The summed E-state index contributed by atoms with van der Waals surface area (Å²) in [5, 5.41) is 9.41. The van der Waals surface area contributed by atoms with E-state index in [1.807, 2.05) is 6.07 Å². The fourth-order valence-corrected chi connectivity index (χ4v) is 1.57. The smallest absolute Gasteiger partial charge is 0.223 e. The fourth-order valence-electron chi connectivity index (χ4n) is 1.04. The lowest BCUT2D eigenvalue weighted by molar-refractivity contribution is 1.36. The summed E-state index contributed by atoms with van der Waals surface area (Å²) in [7, 11) is 0. The summed E-state index contributed by atoms with van der Waals surface area (Å²) >= 11 is 11.6. The molecule has 0 radical (unpaired) electrons. The van der Waals surface area contributed by atoms with Gasteiger partial charge < -0.3 is 17.2 Å². The van der Waals surface area contributed by atoms with Gasteiger partial charge in [0, 0.05) is 5.02 Å². The van der Waals surface area contributed by atoms with E-state index in [9.17, 15) is 0 Å². The lowest BCUT2D eigenvalue weighted by atomic mass is 10.2. The molecule has 0 aliphatic heterocycles. The number of nitrogens with two attached hydrogens (primary N) is 3. The highest BCUT2D eigenvalue weighted by molar-refractivity contribution is 6.36. The second-order valence-corrected chi connectivity index (χ2v) is 3.75. The highest BCUT2D eigenvalue weighted by Gasteiger charge is 2.08. The molecule has 1 aromatic carbocycles. The first-order valence-corrected chi connectivity index (χ1v) is 5.02. The summed E-state index contributed by atoms with van der Waals surface area (Å²) in [6.07, 6.45) is 0. The number of hydrogen-bond acceptors (Lipinski definition) is 2. The van der Waals surface area contributed by atoms with Crippen molar-refractivity contribution in [2.75, 3.05) is 0 Å². The Labute approximate surface area is 107 Å². The molecule has 0 amide bonds. The molecule has 88 valence electrons. The van der Waals surface area contributed by atoms with E-state index in [1.165, 1.54) is 12.1 Å². The average Bonchev–Trinajstić information content (AvgIpc) is 2.20. The number of benzene rings is 1. The largest absolute Gasteiger partial charge is 0.370 e. The zero-order valence-corrected chi connectivity index (χ0v) is 10.00. The molecule has 0 aliphatic rings. The van der Waals surface area contributed by atoms with Crippen molar-refractivity contribution >= 4 is 40.8 Å². The Morgan fingerprint density at radius 3 is 2.41 bits per heavy atom. The maximum absolute atomic E-state index is 8.90. The van der Waals surface area contributed by atoms with Gasteiger partial charge in [0.05, 0.1) is 10.6 Å². The number of aliphatic imine (C=N–C) groups is 2. The van der Waals surface area contributed by atoms with Crippen molar-refractivity contribution in [3.05, 3.63) is 27.7 Å². The van der Waals surface area contributed by atoms with E-state index < -0.39 is 0 Å². The van der Waals surface area contributed by atoms with Gasteiger partial charge in [0.2, 0.25) is 5.96 Å². The van der Waals surface area contributed by atoms with Crippen LogP contribution in [0.4, 0.5) is 5.69 Å². The van der Waals surface area contributed by atoms with Gasteiger partial charge in [-0.05, 0) is 12.1 Å². The Kier molecular flexibility index (Phi) is 4.15. The summed E-state index contributed by atoms with van der Waals surface area (Å²) in [5.41, 5.74) is 16.0. The number of rotatable bonds is 1. The molecule has 0 aromatic heterocycles. The van der Waals surface area contributed by atoms with E-state index in [1.54, 1.807) is 0 Å². The van der Waals surface area contributed by atoms with E-state index >= 15 is 0 Å². The summed E-state index contributed by atoms with van der Waals surface area (Å²) in [5.74, 6) is -0.444. The average molecular weight is 271 g/mol. The third-order valence-corrected chi connectivity index (χ3v) is 2.12. The Hall–Kier alpha value is -1.97. The summed E-state index contributed by atoms with van der Waals surface area (Å²) < 4.78 is 0. The zero-order chi connectivity index (χ0) is 13.0. The van der Waals surface area contributed by atoms with Gasteiger partial charge in [0.1, 0.15) is 11.8 Å². The maximum Gasteiger partial charge on any atom is 0.223 e. The SMILES string of the molecule is N#Cc1cc(Cl)cc(Cl)c1N=C(N)N=C(N)N. The van der Waals surface area contributed by atoms with Crippen LogP contribution in [0.5, 0.6) is 0 Å². The molecule has 17 heavy (non-hydrogen) atoms. The van der Waals surface area contributed by atoms with Crippen molar-refractivity contribution in [1.29, 1.82) is 5.26 Å². The van der Waals surface area contributed by atoms with Crippen LogP contribution >= 0.6 is 23.2 Å². The van der Waals surface area contributed by atoms with Gasteiger partial charge in [-0.15, -0.1) is 0 Å². The lowest BCUT2D eigenvalue weighted by Crippen LogP contribution is -2.26. The van der Waals surface area contributed by atoms with Gasteiger partial charge >= 0.3 is 0 Å². The minimum atomic E-state index is -0.241. The van der Waals surface area contributed by atoms with Crippen LogP contribution in [0.3, 0.4) is 0 Å². The first-order valence-electron chi connectivity index (χ1n) is 4.27. The van der Waals surface area contributed by atoms with Crippen molar-refractivity contribution in [3.63, 3.8) is 0 Å². The first kappa shape index (κ1) is 13.1. The third kappa shape index (κ3) is 3.52. The Balaban J connectivity index is 3.33. The lowest BCUT2D eigenvalue weighted by Gasteiger charge is -2.02. The van der Waals surface area contributed by atoms with Crippen LogP contribution in [-0.4, -0.2) is 11.9 Å². The first-order chi connectivity index (χ1) is 7.93. The molecule has 0 aliphatic carbocycles. The predicted octanol–water partition coefficient (Wildman–Crippen LogP) is 1.08. The molecular weight excluding hydrogens is 263 g/mol. The van der Waals surface area contributed by atoms with Gasteiger partial charge in [-0.2, -0.15) is 10.3 Å². The third-order valence-electron chi connectivity index (χ3n) is 1.62. The molecular formula is C9H8Cl2N6. The van der Waals surface area contributed by atoms with Gasteiger partial charge in [0.25, 0.3) is 0 Å². The molecule has 0 saturated heterocycles. The molecule has 0 saturated carbocycles. The van der Waals surface area contributed by atoms with E-state index in [-0.39, 0.29) is 28.2 Å². The van der Waals surface area contributed by atoms with E-state index in [0.29, 0.717) is 5.02 Å². The summed E-state index contributed by atoms with van der Waals surface area (Å²) in [6.45, 7) is 0. The number of nitrogens with zero attached hydrogens (tertiary/aromatic N) is 3. The van der Waals surface area contributed by atoms with E-state index in [2.05, 4.69) is 9.98 Å². The summed E-state index contributed by atoms with van der Waals surface area (Å²) in [6, 6.07) is 4.74. The van der Waals surface area contributed by atoms with Gasteiger partial charge in [-0.3, -0.25) is 0 Å². The molecule has 0 bridgehead atoms. The highest BCUT2D eigenvalue weighted by Crippen LogP contribution is 2.32. The fraction of sp³-hybridized carbons (Fsp3) is 0. The van der Waals surface area contributed by atoms with Crippen molar-refractivity contribution < 1.29 is 0 Å². The molecule has 8 heteroatoms. The van der Waals surface area contributed by atoms with Crippen LogP contribution < -0.4 is 17.2 Å². The Morgan fingerprint density at radius 1 is 1.24 bits per heavy atom. The molecule has 1 rings (SSSR count). The molecule has 0 heterocycles. The molecule has 6 nitrogen and oxygen atoms in total. The van der Waals surface area contributed by atoms with Crippen LogP contribution in [0.2, 0.25) is 10.0 Å². The molecule has 0 fully saturated rings. The number of hydrogen-bond donors (Lipinski definition) is 3. The minimum Gasteiger partial charge on any atom is -0.370 e. The van der Waals surface area contributed by atoms with E-state index in [0.717, 1.165) is 0 Å². The highest BCUT2D eigenvalue weighted by atomic mass is 35.5. The van der Waals surface area contributed by atoms with Crippen molar-refractivity contribution in [2.45, 2.75) is 0 Å². The maximum atomic E-state index is 8.90. The topological polar surface area (TPSA) is 127 Å². The van der Waals surface area contributed by atoms with Crippen LogP contribution in [0.15, 0.2) is 22.1 Å². The number of halogens is 2. The van der Waals surface area contributed by atoms with Crippen molar-refractivity contribution in [2.24, 2.45) is 27.2 Å².